The zero-order chi connectivity index (χ0) is 16.2. The van der Waals surface area contributed by atoms with Crippen molar-refractivity contribution in [1.82, 2.24) is 0 Å². The van der Waals surface area contributed by atoms with Crippen LogP contribution in [-0.2, 0) is 20.7 Å². The minimum Gasteiger partial charge on any atom is -0.460 e. The predicted molar refractivity (Wildman–Crippen MR) is 81.0 cm³/mol. The average Bonchev–Trinajstić information content (AvgIpc) is 2.30. The molecule has 21 heavy (non-hydrogen) atoms. The Kier molecular flexibility index (Phi) is 5.89. The van der Waals surface area contributed by atoms with Crippen molar-refractivity contribution in [3.8, 4) is 0 Å². The van der Waals surface area contributed by atoms with E-state index in [1.54, 1.807) is 32.9 Å². The minimum atomic E-state index is -0.802. The lowest BCUT2D eigenvalue weighted by atomic mass is 9.95. The van der Waals surface area contributed by atoms with E-state index in [1.807, 2.05) is 0 Å². The molecule has 0 radical (unpaired) electrons. The molecule has 4 nitrogen and oxygen atoms in total. The van der Waals surface area contributed by atoms with Crippen molar-refractivity contribution in [2.75, 3.05) is 0 Å². The van der Waals surface area contributed by atoms with Crippen LogP contribution in [0.2, 0.25) is 0 Å². The summed E-state index contributed by atoms with van der Waals surface area (Å²) in [6.07, 6.45) is -0.113. The Labute approximate surface area is 132 Å². The van der Waals surface area contributed by atoms with Gasteiger partial charge in [-0.3, -0.25) is 9.59 Å². The molecule has 1 aromatic carbocycles. The number of nitrogens with two attached hydrogens (primary N) is 1. The topological polar surface area (TPSA) is 69.4 Å². The number of ether oxygens (including phenoxy) is 1. The highest BCUT2D eigenvalue weighted by Crippen LogP contribution is 2.21. The molecule has 0 aliphatic carbocycles. The van der Waals surface area contributed by atoms with Crippen molar-refractivity contribution in [2.24, 2.45) is 11.7 Å². The summed E-state index contributed by atoms with van der Waals surface area (Å²) in [6, 6.07) is 4.43. The number of carbonyl (C=O) groups is 2. The number of rotatable bonds is 5. The highest BCUT2D eigenvalue weighted by molar-refractivity contribution is 9.10. The van der Waals surface area contributed by atoms with E-state index in [-0.39, 0.29) is 12.8 Å². The third kappa shape index (κ3) is 6.25. The number of amides is 1. The van der Waals surface area contributed by atoms with E-state index < -0.39 is 29.2 Å². The number of primary amides is 1. The monoisotopic (exact) mass is 359 g/mol. The minimum absolute atomic E-state index is 0.0554. The second-order valence-corrected chi connectivity index (χ2v) is 6.75. The zero-order valence-electron chi connectivity index (χ0n) is 12.3. The van der Waals surface area contributed by atoms with Crippen molar-refractivity contribution in [3.05, 3.63) is 34.1 Å². The lowest BCUT2D eigenvalue weighted by molar-refractivity contribution is -0.157. The summed E-state index contributed by atoms with van der Waals surface area (Å²) in [5.74, 6) is -2.42. The Bertz CT molecular complexity index is 540. The van der Waals surface area contributed by atoms with Crippen molar-refractivity contribution in [3.63, 3.8) is 0 Å². The molecule has 0 aliphatic heterocycles. The van der Waals surface area contributed by atoms with Gasteiger partial charge in [0.1, 0.15) is 11.4 Å². The molecule has 1 amide bonds. The molecule has 1 atom stereocenters. The van der Waals surface area contributed by atoms with Gasteiger partial charge in [0.15, 0.2) is 0 Å². The van der Waals surface area contributed by atoms with Gasteiger partial charge < -0.3 is 10.5 Å². The summed E-state index contributed by atoms with van der Waals surface area (Å²) < 4.78 is 19.6. The van der Waals surface area contributed by atoms with Gasteiger partial charge >= 0.3 is 5.97 Å². The molecule has 0 spiro atoms. The maximum absolute atomic E-state index is 13.7. The van der Waals surface area contributed by atoms with Crippen LogP contribution in [0.1, 0.15) is 32.8 Å². The van der Waals surface area contributed by atoms with E-state index in [4.69, 9.17) is 10.5 Å². The normalized spacial score (nSPS) is 12.8. The third-order valence-corrected chi connectivity index (χ3v) is 3.20. The molecule has 0 fully saturated rings. The quantitative estimate of drug-likeness (QED) is 0.821. The first kappa shape index (κ1) is 17.6. The Morgan fingerprint density at radius 3 is 2.52 bits per heavy atom. The first-order valence-electron chi connectivity index (χ1n) is 6.53. The molecule has 116 valence electrons. The van der Waals surface area contributed by atoms with E-state index in [2.05, 4.69) is 15.9 Å². The van der Waals surface area contributed by atoms with Crippen LogP contribution in [0, 0.1) is 11.7 Å². The summed E-state index contributed by atoms with van der Waals surface area (Å²) in [4.78, 5) is 23.3. The summed E-state index contributed by atoms with van der Waals surface area (Å²) >= 11 is 3.24. The van der Waals surface area contributed by atoms with Crippen LogP contribution in [0.15, 0.2) is 22.7 Å². The van der Waals surface area contributed by atoms with Gasteiger partial charge in [-0.05, 0) is 51.0 Å². The molecule has 0 unspecified atom stereocenters. The highest BCUT2D eigenvalue weighted by atomic mass is 79.9. The third-order valence-electron chi connectivity index (χ3n) is 2.71. The van der Waals surface area contributed by atoms with Crippen molar-refractivity contribution >= 4 is 27.8 Å². The molecule has 1 aromatic rings. The summed E-state index contributed by atoms with van der Waals surface area (Å²) in [6.45, 7) is 5.20. The van der Waals surface area contributed by atoms with Gasteiger partial charge in [-0.15, -0.1) is 0 Å². The second-order valence-electron chi connectivity index (χ2n) is 5.83. The fraction of sp³-hybridized carbons (Fsp3) is 0.467. The molecule has 0 aliphatic rings. The molecular formula is C15H19BrFNO3. The fourth-order valence-electron chi connectivity index (χ4n) is 1.82. The van der Waals surface area contributed by atoms with Gasteiger partial charge in [0.05, 0.1) is 12.3 Å². The Hall–Kier alpha value is -1.43. The van der Waals surface area contributed by atoms with Crippen LogP contribution in [0.5, 0.6) is 0 Å². The molecule has 0 heterocycles. The first-order chi connectivity index (χ1) is 9.58. The van der Waals surface area contributed by atoms with E-state index in [1.165, 1.54) is 6.07 Å². The fourth-order valence-corrected chi connectivity index (χ4v) is 2.23. The summed E-state index contributed by atoms with van der Waals surface area (Å²) in [5.41, 5.74) is 5.00. The van der Waals surface area contributed by atoms with Crippen LogP contribution in [0.25, 0.3) is 0 Å². The average molecular weight is 360 g/mol. The van der Waals surface area contributed by atoms with Crippen LogP contribution in [0.4, 0.5) is 4.39 Å². The largest absolute Gasteiger partial charge is 0.460 e. The number of hydrogen-bond acceptors (Lipinski definition) is 3. The van der Waals surface area contributed by atoms with E-state index in [9.17, 15) is 14.0 Å². The smallest absolute Gasteiger partial charge is 0.307 e. The Morgan fingerprint density at radius 2 is 2.00 bits per heavy atom. The maximum atomic E-state index is 13.7. The summed E-state index contributed by atoms with van der Waals surface area (Å²) in [5, 5.41) is 0. The van der Waals surface area contributed by atoms with E-state index in [0.29, 0.717) is 10.0 Å². The van der Waals surface area contributed by atoms with Gasteiger partial charge in [-0.1, -0.05) is 15.9 Å². The van der Waals surface area contributed by atoms with Crippen molar-refractivity contribution in [1.29, 1.82) is 0 Å². The van der Waals surface area contributed by atoms with Crippen LogP contribution >= 0.6 is 15.9 Å². The standard InChI is InChI=1S/C15H19BrFNO3/c1-15(2,3)21-13(19)8-10(14(18)20)6-9-7-11(16)4-5-12(9)17/h4-5,7,10H,6,8H2,1-3H3,(H2,18,20)/t10-/m1/s1. The van der Waals surface area contributed by atoms with E-state index in [0.717, 1.165) is 0 Å². The molecule has 0 aromatic heterocycles. The molecule has 2 N–H and O–H groups in total. The maximum Gasteiger partial charge on any atom is 0.307 e. The van der Waals surface area contributed by atoms with Gasteiger partial charge in [-0.25, -0.2) is 4.39 Å². The van der Waals surface area contributed by atoms with Crippen LogP contribution in [-0.4, -0.2) is 17.5 Å². The molecule has 0 saturated heterocycles. The molecule has 1 rings (SSSR count). The van der Waals surface area contributed by atoms with Crippen molar-refractivity contribution in [2.45, 2.75) is 39.2 Å². The molecular weight excluding hydrogens is 341 g/mol. The molecule has 0 bridgehead atoms. The van der Waals surface area contributed by atoms with E-state index >= 15 is 0 Å². The number of hydrogen-bond donors (Lipinski definition) is 1. The molecule has 0 saturated carbocycles. The predicted octanol–water partition coefficient (Wildman–Crippen LogP) is 2.96. The van der Waals surface area contributed by atoms with Gasteiger partial charge in [0.2, 0.25) is 5.91 Å². The molecule has 6 heteroatoms. The summed E-state index contributed by atoms with van der Waals surface area (Å²) in [7, 11) is 0. The van der Waals surface area contributed by atoms with Gasteiger partial charge in [0, 0.05) is 4.47 Å². The first-order valence-corrected chi connectivity index (χ1v) is 7.33. The number of carbonyl (C=O) groups excluding carboxylic acids is 2. The number of benzene rings is 1. The van der Waals surface area contributed by atoms with Gasteiger partial charge in [0.25, 0.3) is 0 Å². The SMILES string of the molecule is CC(C)(C)OC(=O)C[C@@H](Cc1cc(Br)ccc1F)C(N)=O. The Balaban J connectivity index is 2.81. The lowest BCUT2D eigenvalue weighted by Gasteiger charge is -2.21. The number of halogens is 2. The van der Waals surface area contributed by atoms with Crippen LogP contribution in [0.3, 0.4) is 0 Å². The Morgan fingerprint density at radius 1 is 1.38 bits per heavy atom. The van der Waals surface area contributed by atoms with Crippen LogP contribution < -0.4 is 5.73 Å². The number of esters is 1. The second kappa shape index (κ2) is 7.02. The highest BCUT2D eigenvalue weighted by Gasteiger charge is 2.25. The van der Waals surface area contributed by atoms with Crippen molar-refractivity contribution < 1.29 is 18.7 Å². The lowest BCUT2D eigenvalue weighted by Crippen LogP contribution is -2.31. The van der Waals surface area contributed by atoms with Gasteiger partial charge in [-0.2, -0.15) is 0 Å². The zero-order valence-corrected chi connectivity index (χ0v) is 13.9.